The van der Waals surface area contributed by atoms with Crippen molar-refractivity contribution in [1.82, 2.24) is 0 Å². The van der Waals surface area contributed by atoms with Gasteiger partial charge in [-0.15, -0.1) is 0 Å². The summed E-state index contributed by atoms with van der Waals surface area (Å²) in [4.78, 5) is 11.4. The fourth-order valence-electron chi connectivity index (χ4n) is 2.48. The maximum atomic E-state index is 12.9. The van der Waals surface area contributed by atoms with Crippen molar-refractivity contribution in [3.63, 3.8) is 0 Å². The van der Waals surface area contributed by atoms with Gasteiger partial charge in [0, 0.05) is 0 Å². The van der Waals surface area contributed by atoms with Crippen molar-refractivity contribution in [3.05, 3.63) is 65.5 Å². The van der Waals surface area contributed by atoms with E-state index in [9.17, 15) is 14.3 Å². The molecule has 0 aliphatic heterocycles. The number of para-hydroxylation sites is 1. The number of halogens is 1. The third-order valence-corrected chi connectivity index (χ3v) is 3.81. The van der Waals surface area contributed by atoms with Crippen molar-refractivity contribution in [2.45, 2.75) is 32.1 Å². The molecule has 4 heteroatoms. The van der Waals surface area contributed by atoms with Crippen LogP contribution in [0.2, 0.25) is 0 Å². The Morgan fingerprint density at radius 1 is 1.13 bits per heavy atom. The molecule has 0 aliphatic rings. The van der Waals surface area contributed by atoms with Gasteiger partial charge in [0.2, 0.25) is 0 Å². The number of hydrogen-bond acceptors (Lipinski definition) is 2. The summed E-state index contributed by atoms with van der Waals surface area (Å²) in [6.07, 6.45) is 2.03. The highest BCUT2D eigenvalue weighted by molar-refractivity contribution is 5.75. The van der Waals surface area contributed by atoms with Crippen LogP contribution in [0.3, 0.4) is 0 Å². The van der Waals surface area contributed by atoms with Crippen LogP contribution in [0.25, 0.3) is 0 Å². The highest BCUT2D eigenvalue weighted by Gasteiger charge is 2.19. The molecular formula is C19H21FO3. The minimum atomic E-state index is -0.878. The molecular weight excluding hydrogens is 295 g/mol. The molecule has 122 valence electrons. The van der Waals surface area contributed by atoms with E-state index in [4.69, 9.17) is 4.74 Å². The van der Waals surface area contributed by atoms with E-state index >= 15 is 0 Å². The van der Waals surface area contributed by atoms with Gasteiger partial charge in [0.25, 0.3) is 0 Å². The number of carbonyl (C=O) groups is 1. The van der Waals surface area contributed by atoms with Crippen LogP contribution in [-0.4, -0.2) is 17.7 Å². The molecule has 0 saturated carbocycles. The molecule has 2 rings (SSSR count). The van der Waals surface area contributed by atoms with Gasteiger partial charge >= 0.3 is 5.97 Å². The smallest absolute Gasteiger partial charge is 0.310 e. The number of rotatable bonds is 8. The van der Waals surface area contributed by atoms with Crippen LogP contribution in [0.15, 0.2) is 48.5 Å². The van der Waals surface area contributed by atoms with Crippen LogP contribution in [-0.2, 0) is 4.79 Å². The third kappa shape index (κ3) is 5.09. The van der Waals surface area contributed by atoms with Gasteiger partial charge < -0.3 is 9.84 Å². The van der Waals surface area contributed by atoms with Gasteiger partial charge in [-0.2, -0.15) is 0 Å². The van der Waals surface area contributed by atoms with E-state index in [0.717, 1.165) is 24.2 Å². The first-order chi connectivity index (χ1) is 11.1. The first-order valence-corrected chi connectivity index (χ1v) is 7.74. The van der Waals surface area contributed by atoms with Gasteiger partial charge in [-0.25, -0.2) is 4.39 Å². The van der Waals surface area contributed by atoms with Gasteiger partial charge in [-0.05, 0) is 55.5 Å². The number of unbranched alkanes of at least 4 members (excludes halogenated alkanes) is 1. The first kappa shape index (κ1) is 17.0. The second kappa shape index (κ2) is 8.32. The topological polar surface area (TPSA) is 46.5 Å². The molecule has 0 radical (unpaired) electrons. The lowest BCUT2D eigenvalue weighted by Crippen LogP contribution is -2.12. The lowest BCUT2D eigenvalue weighted by Gasteiger charge is -2.13. The number of carboxylic acids is 1. The first-order valence-electron chi connectivity index (χ1n) is 7.74. The maximum Gasteiger partial charge on any atom is 0.310 e. The predicted octanol–water partition coefficient (Wildman–Crippen LogP) is 4.55. The highest BCUT2D eigenvalue weighted by Crippen LogP contribution is 2.23. The lowest BCUT2D eigenvalue weighted by molar-refractivity contribution is -0.139. The van der Waals surface area contributed by atoms with Crippen molar-refractivity contribution >= 4 is 5.97 Å². The van der Waals surface area contributed by atoms with Gasteiger partial charge in [0.1, 0.15) is 11.6 Å². The van der Waals surface area contributed by atoms with Crippen LogP contribution in [0.1, 0.15) is 36.3 Å². The largest absolute Gasteiger partial charge is 0.493 e. The molecule has 0 fully saturated rings. The van der Waals surface area contributed by atoms with Crippen molar-refractivity contribution in [3.8, 4) is 5.75 Å². The van der Waals surface area contributed by atoms with Crippen molar-refractivity contribution < 1.29 is 19.0 Å². The lowest BCUT2D eigenvalue weighted by atomic mass is 9.94. The second-order valence-electron chi connectivity index (χ2n) is 5.55. The number of aliphatic carboxylic acids is 1. The second-order valence-corrected chi connectivity index (χ2v) is 5.55. The average Bonchev–Trinajstić information content (AvgIpc) is 2.53. The summed E-state index contributed by atoms with van der Waals surface area (Å²) in [5.41, 5.74) is 1.72. The summed E-state index contributed by atoms with van der Waals surface area (Å²) in [6, 6.07) is 13.5. The predicted molar refractivity (Wildman–Crippen MR) is 87.3 cm³/mol. The van der Waals surface area contributed by atoms with Gasteiger partial charge in [-0.3, -0.25) is 4.79 Å². The Morgan fingerprint density at radius 2 is 1.83 bits per heavy atom. The maximum absolute atomic E-state index is 12.9. The molecule has 23 heavy (non-hydrogen) atoms. The molecule has 0 bridgehead atoms. The molecule has 0 heterocycles. The van der Waals surface area contributed by atoms with E-state index < -0.39 is 11.9 Å². The Kier molecular flexibility index (Phi) is 6.15. The zero-order chi connectivity index (χ0) is 16.7. The standard InChI is InChI=1S/C19H21FO3/c1-14-6-2-3-8-18(14)23-13-5-4-7-17(19(21)22)15-9-11-16(20)12-10-15/h2-3,6,8-12,17H,4-5,7,13H2,1H3,(H,21,22). The average molecular weight is 316 g/mol. The SMILES string of the molecule is Cc1ccccc1OCCCCC(C(=O)O)c1ccc(F)cc1. The van der Waals surface area contributed by atoms with E-state index in [-0.39, 0.29) is 5.82 Å². The molecule has 1 atom stereocenters. The number of aryl methyl sites for hydroxylation is 1. The molecule has 0 saturated heterocycles. The number of carboxylic acid groups (broad SMARTS) is 1. The van der Waals surface area contributed by atoms with Crippen LogP contribution in [0.4, 0.5) is 4.39 Å². The number of ether oxygens (including phenoxy) is 1. The summed E-state index contributed by atoms with van der Waals surface area (Å²) in [7, 11) is 0. The molecule has 0 amide bonds. The van der Waals surface area contributed by atoms with Crippen LogP contribution >= 0.6 is 0 Å². The Bertz CT molecular complexity index is 637. The Balaban J connectivity index is 1.80. The normalized spacial score (nSPS) is 11.9. The monoisotopic (exact) mass is 316 g/mol. The number of hydrogen-bond donors (Lipinski definition) is 1. The Morgan fingerprint density at radius 3 is 2.48 bits per heavy atom. The van der Waals surface area contributed by atoms with Crippen molar-refractivity contribution in [2.75, 3.05) is 6.61 Å². The molecule has 2 aromatic rings. The fourth-order valence-corrected chi connectivity index (χ4v) is 2.48. The minimum absolute atomic E-state index is 0.357. The van der Waals surface area contributed by atoms with Crippen LogP contribution < -0.4 is 4.74 Å². The molecule has 0 aliphatic carbocycles. The van der Waals surface area contributed by atoms with E-state index in [0.29, 0.717) is 18.6 Å². The van der Waals surface area contributed by atoms with E-state index in [1.807, 2.05) is 31.2 Å². The fraction of sp³-hybridized carbons (Fsp3) is 0.316. The van der Waals surface area contributed by atoms with E-state index in [2.05, 4.69) is 0 Å². The van der Waals surface area contributed by atoms with Crippen molar-refractivity contribution in [1.29, 1.82) is 0 Å². The summed E-state index contributed by atoms with van der Waals surface area (Å²) in [5.74, 6) is -0.976. The summed E-state index contributed by atoms with van der Waals surface area (Å²) in [6.45, 7) is 2.55. The van der Waals surface area contributed by atoms with Crippen LogP contribution in [0.5, 0.6) is 5.75 Å². The third-order valence-electron chi connectivity index (χ3n) is 3.81. The van der Waals surface area contributed by atoms with Gasteiger partial charge in [-0.1, -0.05) is 30.3 Å². The Hall–Kier alpha value is -2.36. The zero-order valence-corrected chi connectivity index (χ0v) is 13.2. The van der Waals surface area contributed by atoms with E-state index in [1.165, 1.54) is 24.3 Å². The molecule has 1 unspecified atom stereocenters. The molecule has 2 aromatic carbocycles. The quantitative estimate of drug-likeness (QED) is 0.727. The highest BCUT2D eigenvalue weighted by atomic mass is 19.1. The minimum Gasteiger partial charge on any atom is -0.493 e. The van der Waals surface area contributed by atoms with Crippen LogP contribution in [0, 0.1) is 12.7 Å². The summed E-state index contributed by atoms with van der Waals surface area (Å²) >= 11 is 0. The molecule has 0 aromatic heterocycles. The summed E-state index contributed by atoms with van der Waals surface area (Å²) < 4.78 is 18.6. The molecule has 0 spiro atoms. The molecule has 1 N–H and O–H groups in total. The zero-order valence-electron chi connectivity index (χ0n) is 13.2. The van der Waals surface area contributed by atoms with E-state index in [1.54, 1.807) is 0 Å². The Labute approximate surface area is 135 Å². The summed E-state index contributed by atoms with van der Waals surface area (Å²) in [5, 5.41) is 9.34. The van der Waals surface area contributed by atoms with Crippen molar-refractivity contribution in [2.24, 2.45) is 0 Å². The number of benzene rings is 2. The van der Waals surface area contributed by atoms with Gasteiger partial charge in [0.15, 0.2) is 0 Å². The van der Waals surface area contributed by atoms with Gasteiger partial charge in [0.05, 0.1) is 12.5 Å². The molecule has 3 nitrogen and oxygen atoms in total.